The van der Waals surface area contributed by atoms with E-state index in [1.54, 1.807) is 18.9 Å². The van der Waals surface area contributed by atoms with Gasteiger partial charge < -0.3 is 20.3 Å². The Bertz CT molecular complexity index is 598. The van der Waals surface area contributed by atoms with Gasteiger partial charge in [-0.2, -0.15) is 0 Å². The van der Waals surface area contributed by atoms with Crippen molar-refractivity contribution in [1.29, 1.82) is 0 Å². The average molecular weight is 415 g/mol. The maximum Gasteiger partial charge on any atom is 0.409 e. The molecule has 1 saturated heterocycles. The van der Waals surface area contributed by atoms with Gasteiger partial charge in [0.25, 0.3) is 0 Å². The fraction of sp³-hybridized carbons (Fsp3) is 0.529. The smallest absolute Gasteiger partial charge is 0.409 e. The Morgan fingerprint density at radius 2 is 2.12 bits per heavy atom. The summed E-state index contributed by atoms with van der Waals surface area (Å²) < 4.78 is 19.1. The van der Waals surface area contributed by atoms with Crippen molar-refractivity contribution >= 4 is 28.0 Å². The van der Waals surface area contributed by atoms with Crippen molar-refractivity contribution in [1.82, 2.24) is 15.5 Å². The van der Waals surface area contributed by atoms with Gasteiger partial charge in [0.1, 0.15) is 5.82 Å². The van der Waals surface area contributed by atoms with E-state index in [4.69, 9.17) is 4.74 Å². The van der Waals surface area contributed by atoms with E-state index in [-0.39, 0.29) is 18.0 Å². The Kier molecular flexibility index (Phi) is 7.49. The zero-order chi connectivity index (χ0) is 18.2. The number of rotatable bonds is 4. The number of carbonyl (C=O) groups is 1. The SMILES string of the molecule is CCOC(=O)N1CCC(NC(=NC)NCc2cc(F)cc(Br)c2)CC1. The molecule has 0 spiro atoms. The zero-order valence-electron chi connectivity index (χ0n) is 14.5. The van der Waals surface area contributed by atoms with E-state index in [0.29, 0.717) is 36.7 Å². The molecular weight excluding hydrogens is 391 g/mol. The fourth-order valence-electron chi connectivity index (χ4n) is 2.71. The topological polar surface area (TPSA) is 66.0 Å². The lowest BCUT2D eigenvalue weighted by molar-refractivity contribution is 0.0963. The van der Waals surface area contributed by atoms with Gasteiger partial charge in [0.05, 0.1) is 6.61 Å². The van der Waals surface area contributed by atoms with E-state index in [9.17, 15) is 9.18 Å². The lowest BCUT2D eigenvalue weighted by Crippen LogP contribution is -2.49. The molecule has 0 saturated carbocycles. The Hall–Kier alpha value is -1.83. The Labute approximate surface area is 156 Å². The normalized spacial score (nSPS) is 15.8. The number of hydrogen-bond donors (Lipinski definition) is 2. The molecule has 2 rings (SSSR count). The first-order chi connectivity index (χ1) is 12.0. The van der Waals surface area contributed by atoms with Crippen molar-refractivity contribution in [3.8, 4) is 0 Å². The van der Waals surface area contributed by atoms with Crippen LogP contribution >= 0.6 is 15.9 Å². The molecule has 0 bridgehead atoms. The molecule has 1 heterocycles. The van der Waals surface area contributed by atoms with Gasteiger partial charge in [-0.1, -0.05) is 15.9 Å². The molecule has 8 heteroatoms. The third kappa shape index (κ3) is 6.19. The second kappa shape index (κ2) is 9.60. The van der Waals surface area contributed by atoms with E-state index in [1.807, 2.05) is 6.07 Å². The number of nitrogens with one attached hydrogen (secondary N) is 2. The number of amides is 1. The van der Waals surface area contributed by atoms with Crippen molar-refractivity contribution in [2.24, 2.45) is 4.99 Å². The number of carbonyl (C=O) groups excluding carboxylic acids is 1. The highest BCUT2D eigenvalue weighted by Gasteiger charge is 2.23. The summed E-state index contributed by atoms with van der Waals surface area (Å²) in [7, 11) is 1.70. The van der Waals surface area contributed by atoms with Crippen molar-refractivity contribution < 1.29 is 13.9 Å². The lowest BCUT2D eigenvalue weighted by atomic mass is 10.1. The minimum absolute atomic E-state index is 0.233. The highest BCUT2D eigenvalue weighted by molar-refractivity contribution is 9.10. The van der Waals surface area contributed by atoms with Crippen LogP contribution in [0.15, 0.2) is 27.7 Å². The molecule has 1 aromatic rings. The summed E-state index contributed by atoms with van der Waals surface area (Å²) in [4.78, 5) is 17.6. The number of hydrogen-bond acceptors (Lipinski definition) is 3. The summed E-state index contributed by atoms with van der Waals surface area (Å²) in [6.45, 7) is 3.98. The molecule has 0 aromatic heterocycles. The molecule has 0 unspecified atom stereocenters. The fourth-order valence-corrected chi connectivity index (χ4v) is 3.22. The predicted octanol–water partition coefficient (Wildman–Crippen LogP) is 2.87. The van der Waals surface area contributed by atoms with Crippen molar-refractivity contribution in [3.63, 3.8) is 0 Å². The molecule has 0 aliphatic carbocycles. The summed E-state index contributed by atoms with van der Waals surface area (Å²) in [5.41, 5.74) is 0.826. The van der Waals surface area contributed by atoms with Crippen LogP contribution < -0.4 is 10.6 Å². The maximum atomic E-state index is 13.4. The van der Waals surface area contributed by atoms with E-state index in [2.05, 4.69) is 31.6 Å². The third-order valence-corrected chi connectivity index (χ3v) is 4.43. The summed E-state index contributed by atoms with van der Waals surface area (Å²) in [6.07, 6.45) is 1.40. The standard InChI is InChI=1S/C17H24BrFN4O2/c1-3-25-17(24)23-6-4-15(5-7-23)22-16(20-2)21-11-12-8-13(18)10-14(19)9-12/h8-10,15H,3-7,11H2,1-2H3,(H2,20,21,22). The minimum Gasteiger partial charge on any atom is -0.450 e. The van der Waals surface area contributed by atoms with Gasteiger partial charge in [0, 0.05) is 37.2 Å². The zero-order valence-corrected chi connectivity index (χ0v) is 16.1. The highest BCUT2D eigenvalue weighted by atomic mass is 79.9. The molecule has 25 heavy (non-hydrogen) atoms. The van der Waals surface area contributed by atoms with Crippen LogP contribution in [-0.4, -0.2) is 49.7 Å². The van der Waals surface area contributed by atoms with Crippen LogP contribution in [0.1, 0.15) is 25.3 Å². The van der Waals surface area contributed by atoms with Crippen molar-refractivity contribution in [2.75, 3.05) is 26.7 Å². The summed E-state index contributed by atoms with van der Waals surface area (Å²) >= 11 is 3.29. The maximum absolute atomic E-state index is 13.4. The number of nitrogens with zero attached hydrogens (tertiary/aromatic N) is 2. The van der Waals surface area contributed by atoms with Crippen LogP contribution in [0.3, 0.4) is 0 Å². The molecule has 1 amide bonds. The van der Waals surface area contributed by atoms with Gasteiger partial charge in [-0.05, 0) is 43.5 Å². The number of likely N-dealkylation sites (tertiary alicyclic amines) is 1. The first-order valence-corrected chi connectivity index (χ1v) is 9.15. The van der Waals surface area contributed by atoms with Gasteiger partial charge in [0.15, 0.2) is 5.96 Å². The molecule has 0 atom stereocenters. The number of benzene rings is 1. The molecular formula is C17H24BrFN4O2. The largest absolute Gasteiger partial charge is 0.450 e. The molecule has 1 aliphatic rings. The van der Waals surface area contributed by atoms with Gasteiger partial charge in [0.2, 0.25) is 0 Å². The molecule has 2 N–H and O–H groups in total. The second-order valence-electron chi connectivity index (χ2n) is 5.81. The van der Waals surface area contributed by atoms with E-state index in [0.717, 1.165) is 18.4 Å². The first kappa shape index (κ1) is 19.5. The summed E-state index contributed by atoms with van der Waals surface area (Å²) in [6, 6.07) is 5.01. The Balaban J connectivity index is 1.80. The number of ether oxygens (including phenoxy) is 1. The van der Waals surface area contributed by atoms with E-state index < -0.39 is 0 Å². The van der Waals surface area contributed by atoms with Crippen LogP contribution in [0.25, 0.3) is 0 Å². The third-order valence-electron chi connectivity index (χ3n) is 3.97. The molecule has 0 radical (unpaired) electrons. The lowest BCUT2D eigenvalue weighted by Gasteiger charge is -2.32. The number of aliphatic imine (C=N–C) groups is 1. The predicted molar refractivity (Wildman–Crippen MR) is 99.1 cm³/mol. The van der Waals surface area contributed by atoms with E-state index >= 15 is 0 Å². The van der Waals surface area contributed by atoms with Crippen LogP contribution in [0.2, 0.25) is 0 Å². The molecule has 1 aliphatic heterocycles. The first-order valence-electron chi connectivity index (χ1n) is 8.35. The summed E-state index contributed by atoms with van der Waals surface area (Å²) in [5.74, 6) is 0.385. The van der Waals surface area contributed by atoms with E-state index in [1.165, 1.54) is 12.1 Å². The molecule has 1 aromatic carbocycles. The number of piperidine rings is 1. The van der Waals surface area contributed by atoms with Gasteiger partial charge in [-0.3, -0.25) is 4.99 Å². The Morgan fingerprint density at radius 3 is 2.72 bits per heavy atom. The van der Waals surface area contributed by atoms with Crippen LogP contribution in [-0.2, 0) is 11.3 Å². The van der Waals surface area contributed by atoms with Crippen LogP contribution in [0.5, 0.6) is 0 Å². The molecule has 6 nitrogen and oxygen atoms in total. The number of guanidine groups is 1. The van der Waals surface area contributed by atoms with Crippen molar-refractivity contribution in [3.05, 3.63) is 34.1 Å². The minimum atomic E-state index is -0.277. The quantitative estimate of drug-likeness (QED) is 0.587. The van der Waals surface area contributed by atoms with Crippen LogP contribution in [0, 0.1) is 5.82 Å². The van der Waals surface area contributed by atoms with Gasteiger partial charge >= 0.3 is 6.09 Å². The molecule has 1 fully saturated rings. The van der Waals surface area contributed by atoms with Crippen LogP contribution in [0.4, 0.5) is 9.18 Å². The second-order valence-corrected chi connectivity index (χ2v) is 6.72. The monoisotopic (exact) mass is 414 g/mol. The van der Waals surface area contributed by atoms with Crippen molar-refractivity contribution in [2.45, 2.75) is 32.4 Å². The molecule has 138 valence electrons. The van der Waals surface area contributed by atoms with Gasteiger partial charge in [-0.25, -0.2) is 9.18 Å². The average Bonchev–Trinajstić information content (AvgIpc) is 2.58. The number of halogens is 2. The Morgan fingerprint density at radius 1 is 1.40 bits per heavy atom. The summed E-state index contributed by atoms with van der Waals surface area (Å²) in [5, 5.41) is 6.54. The highest BCUT2D eigenvalue weighted by Crippen LogP contribution is 2.15. The van der Waals surface area contributed by atoms with Gasteiger partial charge in [-0.15, -0.1) is 0 Å².